The molecule has 1 saturated heterocycles. The van der Waals surface area contributed by atoms with Crippen LogP contribution in [-0.2, 0) is 4.79 Å². The monoisotopic (exact) mass is 393 g/mol. The Kier molecular flexibility index (Phi) is 5.53. The van der Waals surface area contributed by atoms with Gasteiger partial charge < -0.3 is 15.0 Å². The normalized spacial score (nSPS) is 16.9. The molecule has 0 spiro atoms. The molecule has 2 aromatic rings. The lowest BCUT2D eigenvalue weighted by molar-refractivity contribution is -0.157. The summed E-state index contributed by atoms with van der Waals surface area (Å²) in [6.45, 7) is -1.48. The minimum Gasteiger partial charge on any atom is -0.497 e. The third-order valence-electron chi connectivity index (χ3n) is 4.34. The van der Waals surface area contributed by atoms with Gasteiger partial charge in [0.1, 0.15) is 12.3 Å². The van der Waals surface area contributed by atoms with Gasteiger partial charge in [-0.15, -0.1) is 0 Å². The summed E-state index contributed by atoms with van der Waals surface area (Å²) in [5.41, 5.74) is 1.79. The van der Waals surface area contributed by atoms with Crippen molar-refractivity contribution in [3.63, 3.8) is 0 Å². The molecule has 0 radical (unpaired) electrons. The molecule has 1 aromatic heterocycles. The number of aromatic nitrogens is 1. The Bertz CT molecular complexity index is 869. The van der Waals surface area contributed by atoms with Gasteiger partial charge in [-0.3, -0.25) is 14.6 Å². The zero-order valence-electron chi connectivity index (χ0n) is 15.0. The molecule has 1 aliphatic rings. The maximum Gasteiger partial charge on any atom is 0.406 e. The second-order valence-corrected chi connectivity index (χ2v) is 6.45. The summed E-state index contributed by atoms with van der Waals surface area (Å²) in [6.07, 6.45) is -1.66. The molecule has 0 bridgehead atoms. The van der Waals surface area contributed by atoms with E-state index in [2.05, 4.69) is 10.3 Å². The number of likely N-dealkylation sites (tertiary alicyclic amines) is 1. The van der Waals surface area contributed by atoms with E-state index in [1.807, 2.05) is 12.1 Å². The van der Waals surface area contributed by atoms with Gasteiger partial charge in [0.15, 0.2) is 0 Å². The number of rotatable bonds is 5. The van der Waals surface area contributed by atoms with Gasteiger partial charge in [-0.2, -0.15) is 13.2 Å². The summed E-state index contributed by atoms with van der Waals surface area (Å²) in [6, 6.07) is 8.16. The Morgan fingerprint density at radius 1 is 1.25 bits per heavy atom. The highest BCUT2D eigenvalue weighted by molar-refractivity contribution is 5.95. The number of nitrogens with zero attached hydrogens (tertiary/aromatic N) is 2. The van der Waals surface area contributed by atoms with Crippen LogP contribution < -0.4 is 10.1 Å². The number of benzene rings is 1. The van der Waals surface area contributed by atoms with E-state index < -0.39 is 30.6 Å². The maximum absolute atomic E-state index is 12.5. The van der Waals surface area contributed by atoms with Crippen molar-refractivity contribution >= 4 is 11.8 Å². The Morgan fingerprint density at radius 2 is 1.96 bits per heavy atom. The highest BCUT2D eigenvalue weighted by atomic mass is 19.4. The number of hydrogen-bond acceptors (Lipinski definition) is 4. The van der Waals surface area contributed by atoms with Crippen LogP contribution in [0.3, 0.4) is 0 Å². The molecule has 9 heteroatoms. The third-order valence-corrected chi connectivity index (χ3v) is 4.34. The van der Waals surface area contributed by atoms with Crippen molar-refractivity contribution in [2.45, 2.75) is 18.6 Å². The third kappa shape index (κ3) is 4.79. The number of methoxy groups -OCH3 is 1. The summed E-state index contributed by atoms with van der Waals surface area (Å²) in [5.74, 6) is -0.429. The molecule has 148 valence electrons. The second-order valence-electron chi connectivity index (χ2n) is 6.45. The lowest BCUT2D eigenvalue weighted by atomic mass is 10.1. The fourth-order valence-electron chi connectivity index (χ4n) is 3.01. The van der Waals surface area contributed by atoms with Crippen LogP contribution in [0.1, 0.15) is 16.8 Å². The predicted molar refractivity (Wildman–Crippen MR) is 94.7 cm³/mol. The van der Waals surface area contributed by atoms with Gasteiger partial charge >= 0.3 is 6.18 Å². The van der Waals surface area contributed by atoms with Crippen LogP contribution in [0.5, 0.6) is 5.75 Å². The van der Waals surface area contributed by atoms with Crippen LogP contribution in [0.2, 0.25) is 0 Å². The number of carbonyl (C=O) groups is 2. The molecule has 2 amide bonds. The van der Waals surface area contributed by atoms with Crippen LogP contribution in [0.15, 0.2) is 42.7 Å². The van der Waals surface area contributed by atoms with Crippen molar-refractivity contribution in [1.82, 2.24) is 15.2 Å². The van der Waals surface area contributed by atoms with E-state index >= 15 is 0 Å². The molecule has 1 N–H and O–H groups in total. The lowest BCUT2D eigenvalue weighted by Crippen LogP contribution is -2.39. The molecular weight excluding hydrogens is 375 g/mol. The molecule has 28 heavy (non-hydrogen) atoms. The summed E-state index contributed by atoms with van der Waals surface area (Å²) in [4.78, 5) is 28.9. The van der Waals surface area contributed by atoms with Crippen LogP contribution in [-0.4, -0.2) is 54.1 Å². The zero-order valence-corrected chi connectivity index (χ0v) is 15.0. The van der Waals surface area contributed by atoms with Crippen molar-refractivity contribution in [2.24, 2.45) is 0 Å². The van der Waals surface area contributed by atoms with Crippen molar-refractivity contribution in [1.29, 1.82) is 0 Å². The number of amides is 2. The van der Waals surface area contributed by atoms with E-state index in [9.17, 15) is 22.8 Å². The van der Waals surface area contributed by atoms with Crippen molar-refractivity contribution < 1.29 is 27.5 Å². The van der Waals surface area contributed by atoms with Crippen molar-refractivity contribution in [3.05, 3.63) is 48.3 Å². The number of ether oxygens (including phenoxy) is 1. The number of nitrogens with one attached hydrogen (secondary N) is 1. The molecule has 1 unspecified atom stereocenters. The molecule has 0 aliphatic carbocycles. The average Bonchev–Trinajstić information content (AvgIpc) is 2.99. The van der Waals surface area contributed by atoms with Crippen LogP contribution in [0, 0.1) is 0 Å². The molecule has 1 aliphatic heterocycles. The molecule has 6 nitrogen and oxygen atoms in total. The first-order chi connectivity index (χ1) is 13.2. The molecule has 1 atom stereocenters. The van der Waals surface area contributed by atoms with Crippen LogP contribution in [0.25, 0.3) is 11.1 Å². The molecule has 0 saturated carbocycles. The predicted octanol–water partition coefficient (Wildman–Crippen LogP) is 2.65. The molecule has 3 rings (SSSR count). The standard InChI is InChI=1S/C19H18F3N3O3/c1-28-16-4-2-12(3-5-16)13-6-14(9-23-8-13)18(27)24-15-7-17(26)25(10-15)11-19(20,21)22/h2-6,8-9,15H,7,10-11H2,1H3,(H,24,27). The second kappa shape index (κ2) is 7.87. The SMILES string of the molecule is COc1ccc(-c2cncc(C(=O)NC3CC(=O)N(CC(F)(F)F)C3)c2)cc1. The van der Waals surface area contributed by atoms with E-state index in [0.29, 0.717) is 16.2 Å². The Hall–Kier alpha value is -3.10. The number of pyridine rings is 1. The van der Waals surface area contributed by atoms with E-state index in [0.717, 1.165) is 5.56 Å². The summed E-state index contributed by atoms with van der Waals surface area (Å²) in [7, 11) is 1.56. The van der Waals surface area contributed by atoms with E-state index in [1.165, 1.54) is 6.20 Å². The maximum atomic E-state index is 12.5. The van der Waals surface area contributed by atoms with Gasteiger partial charge in [0, 0.05) is 30.9 Å². The number of alkyl halides is 3. The smallest absolute Gasteiger partial charge is 0.406 e. The lowest BCUT2D eigenvalue weighted by Gasteiger charge is -2.18. The zero-order chi connectivity index (χ0) is 20.3. The van der Waals surface area contributed by atoms with E-state index in [1.54, 1.807) is 31.5 Å². The van der Waals surface area contributed by atoms with Gasteiger partial charge in [0.2, 0.25) is 5.91 Å². The minimum absolute atomic E-state index is 0.159. The van der Waals surface area contributed by atoms with Gasteiger partial charge in [-0.1, -0.05) is 12.1 Å². The fraction of sp³-hybridized carbons (Fsp3) is 0.316. The van der Waals surface area contributed by atoms with Gasteiger partial charge in [-0.25, -0.2) is 0 Å². The van der Waals surface area contributed by atoms with Gasteiger partial charge in [0.05, 0.1) is 18.7 Å². The summed E-state index contributed by atoms with van der Waals surface area (Å²) in [5, 5.41) is 2.61. The summed E-state index contributed by atoms with van der Waals surface area (Å²) >= 11 is 0. The largest absolute Gasteiger partial charge is 0.497 e. The van der Waals surface area contributed by atoms with Gasteiger partial charge in [-0.05, 0) is 23.8 Å². The molecular formula is C19H18F3N3O3. The quantitative estimate of drug-likeness (QED) is 0.848. The van der Waals surface area contributed by atoms with Crippen molar-refractivity contribution in [2.75, 3.05) is 20.2 Å². The van der Waals surface area contributed by atoms with Crippen LogP contribution in [0.4, 0.5) is 13.2 Å². The molecule has 1 aromatic carbocycles. The Morgan fingerprint density at radius 3 is 2.61 bits per heavy atom. The topological polar surface area (TPSA) is 71.5 Å². The fourth-order valence-corrected chi connectivity index (χ4v) is 3.01. The highest BCUT2D eigenvalue weighted by Crippen LogP contribution is 2.23. The van der Waals surface area contributed by atoms with E-state index in [4.69, 9.17) is 4.74 Å². The molecule has 2 heterocycles. The summed E-state index contributed by atoms with van der Waals surface area (Å²) < 4.78 is 42.6. The van der Waals surface area contributed by atoms with E-state index in [-0.39, 0.29) is 18.5 Å². The first kappa shape index (κ1) is 19.7. The Labute approximate surface area is 159 Å². The molecule has 1 fully saturated rings. The number of carbonyl (C=O) groups excluding carboxylic acids is 2. The first-order valence-corrected chi connectivity index (χ1v) is 8.50. The number of hydrogen-bond donors (Lipinski definition) is 1. The average molecular weight is 393 g/mol. The first-order valence-electron chi connectivity index (χ1n) is 8.50. The van der Waals surface area contributed by atoms with Crippen molar-refractivity contribution in [3.8, 4) is 16.9 Å². The minimum atomic E-state index is -4.47. The highest BCUT2D eigenvalue weighted by Gasteiger charge is 2.38. The van der Waals surface area contributed by atoms with Crippen LogP contribution >= 0.6 is 0 Å². The number of halogens is 3. The van der Waals surface area contributed by atoms with Gasteiger partial charge in [0.25, 0.3) is 5.91 Å². The Balaban J connectivity index is 1.67.